The molecule has 4 heteroatoms. The molecule has 0 fully saturated rings. The zero-order valence-corrected chi connectivity index (χ0v) is 12.4. The molecule has 0 saturated carbocycles. The zero-order valence-electron chi connectivity index (χ0n) is 12.4. The van der Waals surface area contributed by atoms with Gasteiger partial charge in [0, 0.05) is 11.8 Å². The van der Waals surface area contributed by atoms with Crippen LogP contribution in [-0.2, 0) is 0 Å². The van der Waals surface area contributed by atoms with Gasteiger partial charge >= 0.3 is 0 Å². The van der Waals surface area contributed by atoms with Gasteiger partial charge in [-0.3, -0.25) is 0 Å². The van der Waals surface area contributed by atoms with E-state index in [0.29, 0.717) is 11.4 Å². The van der Waals surface area contributed by atoms with Crippen molar-refractivity contribution in [3.8, 4) is 5.75 Å². The lowest BCUT2D eigenvalue weighted by Gasteiger charge is -2.20. The molecule has 0 aliphatic heterocycles. The third kappa shape index (κ3) is 4.13. The van der Waals surface area contributed by atoms with Gasteiger partial charge in [0.1, 0.15) is 5.75 Å². The molecule has 112 valence electrons. The van der Waals surface area contributed by atoms with Gasteiger partial charge in [0.25, 0.3) is 0 Å². The maximum absolute atomic E-state index is 9.59. The quantitative estimate of drug-likeness (QED) is 0.713. The maximum Gasteiger partial charge on any atom is 0.144 e. The summed E-state index contributed by atoms with van der Waals surface area (Å²) >= 11 is 0. The highest BCUT2D eigenvalue weighted by Crippen LogP contribution is 2.28. The Balaban J connectivity index is 2.18. The normalized spacial score (nSPS) is 12.2. The summed E-state index contributed by atoms with van der Waals surface area (Å²) in [5.41, 5.74) is 8.41. The van der Waals surface area contributed by atoms with Crippen molar-refractivity contribution in [1.82, 2.24) is 0 Å². The smallest absolute Gasteiger partial charge is 0.144 e. The molecule has 0 aliphatic carbocycles. The van der Waals surface area contributed by atoms with Gasteiger partial charge in [-0.25, -0.2) is 0 Å². The number of benzene rings is 2. The molecule has 4 N–H and O–H groups in total. The van der Waals surface area contributed by atoms with Crippen molar-refractivity contribution in [3.05, 3.63) is 54.1 Å². The van der Waals surface area contributed by atoms with E-state index in [9.17, 15) is 5.11 Å². The van der Waals surface area contributed by atoms with Gasteiger partial charge in [-0.05, 0) is 31.5 Å². The molecule has 1 atom stereocenters. The van der Waals surface area contributed by atoms with Crippen LogP contribution in [0.5, 0.6) is 5.75 Å². The summed E-state index contributed by atoms with van der Waals surface area (Å²) in [4.78, 5) is 0. The van der Waals surface area contributed by atoms with Gasteiger partial charge in [0.05, 0.1) is 24.4 Å². The first-order chi connectivity index (χ1) is 10.1. The number of aliphatic hydroxyl groups excluding tert-OH is 1. The van der Waals surface area contributed by atoms with Crippen LogP contribution in [0.1, 0.15) is 25.5 Å². The van der Waals surface area contributed by atoms with E-state index in [2.05, 4.69) is 5.32 Å². The van der Waals surface area contributed by atoms with Crippen LogP contribution in [-0.4, -0.2) is 17.8 Å². The Hall–Kier alpha value is -2.20. The van der Waals surface area contributed by atoms with E-state index in [-0.39, 0.29) is 18.8 Å². The number of hydrogen-bond acceptors (Lipinski definition) is 4. The molecule has 4 nitrogen and oxygen atoms in total. The second kappa shape index (κ2) is 6.99. The maximum atomic E-state index is 9.59. The Kier molecular flexibility index (Phi) is 5.06. The molecule has 0 saturated heterocycles. The molecule has 0 aliphatic rings. The molecule has 0 spiro atoms. The van der Waals surface area contributed by atoms with Gasteiger partial charge in [0.15, 0.2) is 0 Å². The fraction of sp³-hybridized carbons (Fsp3) is 0.294. The van der Waals surface area contributed by atoms with Crippen LogP contribution in [0.3, 0.4) is 0 Å². The van der Waals surface area contributed by atoms with Gasteiger partial charge < -0.3 is 20.9 Å². The van der Waals surface area contributed by atoms with Crippen molar-refractivity contribution in [2.75, 3.05) is 17.7 Å². The topological polar surface area (TPSA) is 67.5 Å². The third-order valence-corrected chi connectivity index (χ3v) is 3.10. The lowest BCUT2D eigenvalue weighted by atomic mass is 10.1. The molecule has 0 amide bonds. The van der Waals surface area contributed by atoms with Gasteiger partial charge in [-0.2, -0.15) is 0 Å². The summed E-state index contributed by atoms with van der Waals surface area (Å²) in [6.07, 6.45) is 0.0605. The number of nitrogens with one attached hydrogen (secondary N) is 1. The van der Waals surface area contributed by atoms with Gasteiger partial charge in [-0.15, -0.1) is 0 Å². The SMILES string of the molecule is CC(C)Oc1cc(NC(CO)c2ccccc2)ccc1N. The van der Waals surface area contributed by atoms with Crippen LogP contribution >= 0.6 is 0 Å². The van der Waals surface area contributed by atoms with Crippen molar-refractivity contribution in [3.63, 3.8) is 0 Å². The number of aliphatic hydroxyl groups is 1. The van der Waals surface area contributed by atoms with E-state index < -0.39 is 0 Å². The Morgan fingerprint density at radius 2 is 1.86 bits per heavy atom. The number of rotatable bonds is 6. The Labute approximate surface area is 125 Å². The molecule has 2 rings (SSSR count). The van der Waals surface area contributed by atoms with Crippen molar-refractivity contribution in [2.45, 2.75) is 26.0 Å². The van der Waals surface area contributed by atoms with Crippen molar-refractivity contribution >= 4 is 11.4 Å². The number of nitrogens with two attached hydrogens (primary N) is 1. The largest absolute Gasteiger partial charge is 0.489 e. The standard InChI is InChI=1S/C17H22N2O2/c1-12(2)21-17-10-14(8-9-15(17)18)19-16(11-20)13-6-4-3-5-7-13/h3-10,12,16,19-20H,11,18H2,1-2H3. The first kappa shape index (κ1) is 15.2. The van der Waals surface area contributed by atoms with Crippen molar-refractivity contribution in [1.29, 1.82) is 0 Å². The number of hydrogen-bond donors (Lipinski definition) is 3. The summed E-state index contributed by atoms with van der Waals surface area (Å²) in [6, 6.07) is 15.2. The van der Waals surface area contributed by atoms with Crippen LogP contribution in [0.15, 0.2) is 48.5 Å². The van der Waals surface area contributed by atoms with Gasteiger partial charge in [-0.1, -0.05) is 30.3 Å². The van der Waals surface area contributed by atoms with Gasteiger partial charge in [0.2, 0.25) is 0 Å². The third-order valence-electron chi connectivity index (χ3n) is 3.10. The number of nitrogen functional groups attached to an aromatic ring is 1. The van der Waals surface area contributed by atoms with E-state index in [0.717, 1.165) is 11.3 Å². The average molecular weight is 286 g/mol. The first-order valence-corrected chi connectivity index (χ1v) is 7.08. The minimum absolute atomic E-state index is 0.00869. The lowest BCUT2D eigenvalue weighted by molar-refractivity contribution is 0.244. The second-order valence-corrected chi connectivity index (χ2v) is 5.21. The fourth-order valence-electron chi connectivity index (χ4n) is 2.10. The monoisotopic (exact) mass is 286 g/mol. The molecule has 21 heavy (non-hydrogen) atoms. The molecule has 1 unspecified atom stereocenters. The molecule has 2 aromatic carbocycles. The van der Waals surface area contributed by atoms with Crippen LogP contribution in [0, 0.1) is 0 Å². The van der Waals surface area contributed by atoms with E-state index in [1.807, 2.05) is 56.3 Å². The Morgan fingerprint density at radius 1 is 1.14 bits per heavy atom. The minimum atomic E-state index is -0.165. The van der Waals surface area contributed by atoms with Crippen LogP contribution in [0.2, 0.25) is 0 Å². The molecular weight excluding hydrogens is 264 g/mol. The molecule has 0 heterocycles. The number of ether oxygens (including phenoxy) is 1. The van der Waals surface area contributed by atoms with Crippen LogP contribution in [0.25, 0.3) is 0 Å². The van der Waals surface area contributed by atoms with E-state index >= 15 is 0 Å². The fourth-order valence-corrected chi connectivity index (χ4v) is 2.10. The zero-order chi connectivity index (χ0) is 15.2. The molecule has 2 aromatic rings. The second-order valence-electron chi connectivity index (χ2n) is 5.21. The summed E-state index contributed by atoms with van der Waals surface area (Å²) < 4.78 is 5.68. The van der Waals surface area contributed by atoms with Crippen LogP contribution < -0.4 is 15.8 Å². The summed E-state index contributed by atoms with van der Waals surface area (Å²) in [5.74, 6) is 0.653. The Morgan fingerprint density at radius 3 is 2.48 bits per heavy atom. The highest BCUT2D eigenvalue weighted by Gasteiger charge is 2.11. The van der Waals surface area contributed by atoms with Crippen molar-refractivity contribution in [2.24, 2.45) is 0 Å². The van der Waals surface area contributed by atoms with Crippen molar-refractivity contribution < 1.29 is 9.84 Å². The minimum Gasteiger partial charge on any atom is -0.489 e. The van der Waals surface area contributed by atoms with Crippen LogP contribution in [0.4, 0.5) is 11.4 Å². The Bertz CT molecular complexity index is 570. The molecular formula is C17H22N2O2. The lowest BCUT2D eigenvalue weighted by Crippen LogP contribution is -2.15. The predicted octanol–water partition coefficient (Wildman–Crippen LogP) is 3.20. The highest BCUT2D eigenvalue weighted by molar-refractivity contribution is 5.62. The average Bonchev–Trinajstić information content (AvgIpc) is 2.48. The number of anilines is 2. The van der Waals surface area contributed by atoms with E-state index in [1.165, 1.54) is 0 Å². The predicted molar refractivity (Wildman–Crippen MR) is 86.5 cm³/mol. The summed E-state index contributed by atoms with van der Waals surface area (Å²) in [7, 11) is 0. The summed E-state index contributed by atoms with van der Waals surface area (Å²) in [5, 5.41) is 12.9. The highest BCUT2D eigenvalue weighted by atomic mass is 16.5. The first-order valence-electron chi connectivity index (χ1n) is 7.08. The molecule has 0 radical (unpaired) electrons. The molecule has 0 bridgehead atoms. The molecule has 0 aromatic heterocycles. The van der Waals surface area contributed by atoms with E-state index in [1.54, 1.807) is 6.07 Å². The summed E-state index contributed by atoms with van der Waals surface area (Å²) in [6.45, 7) is 3.93. The van der Waals surface area contributed by atoms with E-state index in [4.69, 9.17) is 10.5 Å².